The summed E-state index contributed by atoms with van der Waals surface area (Å²) in [7, 11) is 0. The highest BCUT2D eigenvalue weighted by atomic mass is 19.4. The number of fused-ring (bicyclic) bond motifs is 1. The average Bonchev–Trinajstić information content (AvgIpc) is 3.50. The van der Waals surface area contributed by atoms with Crippen LogP contribution in [0.15, 0.2) is 53.8 Å². The molecule has 0 spiro atoms. The van der Waals surface area contributed by atoms with Gasteiger partial charge in [0.2, 0.25) is 0 Å². The molecule has 218 valence electrons. The van der Waals surface area contributed by atoms with Gasteiger partial charge in [-0.1, -0.05) is 19.1 Å². The number of ether oxygens (including phenoxy) is 1. The summed E-state index contributed by atoms with van der Waals surface area (Å²) >= 11 is 0. The van der Waals surface area contributed by atoms with E-state index >= 15 is 0 Å². The maximum atomic E-state index is 14.2. The number of pyridine rings is 1. The third kappa shape index (κ3) is 5.16. The number of aromatic nitrogens is 5. The Bertz CT molecular complexity index is 1620. The van der Waals surface area contributed by atoms with E-state index in [2.05, 4.69) is 22.0 Å². The monoisotopic (exact) mass is 576 g/mol. The Kier molecular flexibility index (Phi) is 6.97. The summed E-state index contributed by atoms with van der Waals surface area (Å²) in [4.78, 5) is 15.7. The van der Waals surface area contributed by atoms with Crippen molar-refractivity contribution in [3.8, 4) is 5.69 Å². The topological polar surface area (TPSA) is 69.6 Å². The van der Waals surface area contributed by atoms with Gasteiger partial charge in [0.15, 0.2) is 0 Å². The van der Waals surface area contributed by atoms with Gasteiger partial charge in [0, 0.05) is 37.3 Å². The van der Waals surface area contributed by atoms with Crippen LogP contribution in [-0.2, 0) is 29.3 Å². The van der Waals surface area contributed by atoms with Gasteiger partial charge in [-0.05, 0) is 54.6 Å². The smallest absolute Gasteiger partial charge is 0.379 e. The highest BCUT2D eigenvalue weighted by Gasteiger charge is 2.42. The molecule has 0 bridgehead atoms. The first-order valence-electron chi connectivity index (χ1n) is 13.5. The number of likely N-dealkylation sites (tertiary alicyclic amines) is 1. The molecular formula is C28H29F5N6O2. The molecule has 1 aromatic carbocycles. The molecule has 3 aromatic heterocycles. The fourth-order valence-electron chi connectivity index (χ4n) is 6.00. The summed E-state index contributed by atoms with van der Waals surface area (Å²) in [6.45, 7) is 1.70. The van der Waals surface area contributed by atoms with Crippen molar-refractivity contribution >= 4 is 5.52 Å². The molecule has 1 atom stereocenters. The van der Waals surface area contributed by atoms with Crippen molar-refractivity contribution in [1.82, 2.24) is 28.6 Å². The van der Waals surface area contributed by atoms with Crippen LogP contribution in [0, 0.1) is 5.92 Å². The molecule has 0 unspecified atom stereocenters. The second-order valence-corrected chi connectivity index (χ2v) is 11.2. The van der Waals surface area contributed by atoms with Crippen LogP contribution in [0.3, 0.4) is 0 Å². The van der Waals surface area contributed by atoms with E-state index in [1.807, 2.05) is 0 Å². The molecule has 4 aromatic rings. The highest BCUT2D eigenvalue weighted by molar-refractivity contribution is 5.58. The normalized spacial score (nSPS) is 19.6. The van der Waals surface area contributed by atoms with Crippen molar-refractivity contribution in [2.24, 2.45) is 5.92 Å². The number of rotatable bonds is 7. The van der Waals surface area contributed by atoms with Gasteiger partial charge in [-0.2, -0.15) is 22.0 Å². The molecule has 8 nitrogen and oxygen atoms in total. The van der Waals surface area contributed by atoms with E-state index in [4.69, 9.17) is 4.74 Å². The predicted octanol–water partition coefficient (Wildman–Crippen LogP) is 4.84. The Hall–Kier alpha value is -3.58. The van der Waals surface area contributed by atoms with Crippen LogP contribution in [0.25, 0.3) is 11.2 Å². The van der Waals surface area contributed by atoms with Crippen molar-refractivity contribution in [3.63, 3.8) is 0 Å². The van der Waals surface area contributed by atoms with Gasteiger partial charge < -0.3 is 4.74 Å². The zero-order valence-electron chi connectivity index (χ0n) is 22.3. The molecule has 13 heteroatoms. The SMILES string of the molecule is C[C@H]1CCCN(Cc2cc(C(F)(F)F)c3cn(-c4cccc(C5(Cc6nncn6C(F)F)COC5)c4)c(=O)n3c2)C1. The van der Waals surface area contributed by atoms with E-state index in [9.17, 15) is 26.7 Å². The van der Waals surface area contributed by atoms with E-state index in [-0.39, 0.29) is 31.0 Å². The summed E-state index contributed by atoms with van der Waals surface area (Å²) in [5.41, 5.74) is -0.971. The van der Waals surface area contributed by atoms with E-state index in [0.717, 1.165) is 42.7 Å². The second-order valence-electron chi connectivity index (χ2n) is 11.2. The third-order valence-corrected chi connectivity index (χ3v) is 8.12. The molecule has 0 N–H and O–H groups in total. The molecule has 0 aliphatic carbocycles. The van der Waals surface area contributed by atoms with Crippen LogP contribution in [-0.4, -0.2) is 54.9 Å². The summed E-state index contributed by atoms with van der Waals surface area (Å²) in [6.07, 6.45) is 1.18. The fraction of sp³-hybridized carbons (Fsp3) is 0.464. The standard InChI is InChI=1S/C28H29F5N6O2/c1-18-4-3-7-36(11-18)12-19-8-22(28(31,32)33)23-14-37(26(40)38(23)13-19)21-6-2-5-20(9-21)27(15-41-16-27)10-24-35-34-17-39(24)25(29)30/h2,5-6,8-9,13-14,17-18,25H,3-4,7,10-12,15-16H2,1H3/t18-/m0/s1. The largest absolute Gasteiger partial charge is 0.418 e. The van der Waals surface area contributed by atoms with E-state index in [1.54, 1.807) is 24.3 Å². The number of benzene rings is 1. The van der Waals surface area contributed by atoms with Crippen molar-refractivity contribution < 1.29 is 26.7 Å². The van der Waals surface area contributed by atoms with Crippen LogP contribution in [0.4, 0.5) is 22.0 Å². The van der Waals surface area contributed by atoms with Crippen LogP contribution in [0.1, 0.15) is 48.8 Å². The lowest BCUT2D eigenvalue weighted by atomic mass is 9.75. The lowest BCUT2D eigenvalue weighted by Gasteiger charge is -2.42. The fourth-order valence-corrected chi connectivity index (χ4v) is 6.00. The number of hydrogen-bond acceptors (Lipinski definition) is 5. The first-order valence-corrected chi connectivity index (χ1v) is 13.5. The van der Waals surface area contributed by atoms with Crippen molar-refractivity contribution in [2.45, 2.75) is 50.9 Å². The highest BCUT2D eigenvalue weighted by Crippen LogP contribution is 2.37. The number of nitrogens with zero attached hydrogens (tertiary/aromatic N) is 6. The third-order valence-electron chi connectivity index (χ3n) is 8.12. The number of piperidine rings is 1. The zero-order valence-corrected chi connectivity index (χ0v) is 22.3. The first-order chi connectivity index (χ1) is 19.5. The Morgan fingerprint density at radius 1 is 1.17 bits per heavy atom. The van der Waals surface area contributed by atoms with Crippen LogP contribution >= 0.6 is 0 Å². The van der Waals surface area contributed by atoms with Crippen LogP contribution in [0.5, 0.6) is 0 Å². The lowest BCUT2D eigenvalue weighted by Crippen LogP contribution is -2.49. The molecule has 2 aliphatic rings. The quantitative estimate of drug-likeness (QED) is 0.295. The lowest BCUT2D eigenvalue weighted by molar-refractivity contribution is -0.136. The Balaban J connectivity index is 1.38. The van der Waals surface area contributed by atoms with Gasteiger partial charge in [0.25, 0.3) is 0 Å². The van der Waals surface area contributed by atoms with Gasteiger partial charge in [-0.25, -0.2) is 4.79 Å². The minimum Gasteiger partial charge on any atom is -0.379 e. The van der Waals surface area contributed by atoms with Crippen molar-refractivity contribution in [2.75, 3.05) is 26.3 Å². The molecule has 0 amide bonds. The van der Waals surface area contributed by atoms with E-state index in [1.165, 1.54) is 17.0 Å². The molecular weight excluding hydrogens is 547 g/mol. The maximum Gasteiger partial charge on any atom is 0.418 e. The summed E-state index contributed by atoms with van der Waals surface area (Å²) in [5, 5.41) is 7.45. The van der Waals surface area contributed by atoms with Gasteiger partial charge in [-0.15, -0.1) is 10.2 Å². The van der Waals surface area contributed by atoms with Crippen molar-refractivity contribution in [1.29, 1.82) is 0 Å². The molecule has 2 aliphatic heterocycles. The summed E-state index contributed by atoms with van der Waals surface area (Å²) in [6, 6.07) is 7.92. The van der Waals surface area contributed by atoms with Crippen LogP contribution < -0.4 is 5.69 Å². The van der Waals surface area contributed by atoms with Gasteiger partial charge in [0.05, 0.1) is 30.0 Å². The molecule has 41 heavy (non-hydrogen) atoms. The second kappa shape index (κ2) is 10.4. The minimum atomic E-state index is -4.66. The van der Waals surface area contributed by atoms with Crippen molar-refractivity contribution in [3.05, 3.63) is 82.1 Å². The summed E-state index contributed by atoms with van der Waals surface area (Å²) < 4.78 is 77.8. The first kappa shape index (κ1) is 27.6. The zero-order chi connectivity index (χ0) is 28.9. The maximum absolute atomic E-state index is 14.2. The van der Waals surface area contributed by atoms with Crippen LogP contribution in [0.2, 0.25) is 0 Å². The molecule has 6 rings (SSSR count). The van der Waals surface area contributed by atoms with E-state index < -0.39 is 29.4 Å². The summed E-state index contributed by atoms with van der Waals surface area (Å²) in [5.74, 6) is 0.549. The minimum absolute atomic E-state index is 0.0888. The Morgan fingerprint density at radius 2 is 1.98 bits per heavy atom. The number of hydrogen-bond donors (Lipinski definition) is 0. The Labute approximate surface area is 232 Å². The molecule has 0 radical (unpaired) electrons. The van der Waals surface area contributed by atoms with E-state index in [0.29, 0.717) is 33.8 Å². The molecule has 0 saturated carbocycles. The van der Waals surface area contributed by atoms with Gasteiger partial charge in [-0.3, -0.25) is 18.4 Å². The molecule has 5 heterocycles. The van der Waals surface area contributed by atoms with Gasteiger partial charge >= 0.3 is 18.4 Å². The predicted molar refractivity (Wildman–Crippen MR) is 139 cm³/mol. The average molecular weight is 577 g/mol. The Morgan fingerprint density at radius 3 is 2.66 bits per heavy atom. The number of halogens is 5. The molecule has 2 saturated heterocycles. The number of imidazole rings is 1. The van der Waals surface area contributed by atoms with Gasteiger partial charge in [0.1, 0.15) is 12.2 Å². The number of alkyl halides is 5. The molecule has 2 fully saturated rings.